The number of halogens is 3. The van der Waals surface area contributed by atoms with E-state index >= 15 is 0 Å². The van der Waals surface area contributed by atoms with Gasteiger partial charge >= 0.3 is 12.1 Å². The molecule has 2 heterocycles. The van der Waals surface area contributed by atoms with E-state index in [9.17, 15) is 18.0 Å². The molecule has 6 nitrogen and oxygen atoms in total. The number of hydrogen-bond donors (Lipinski definition) is 2. The number of carbonyl (C=O) groups is 2. The van der Waals surface area contributed by atoms with Gasteiger partial charge in [-0.15, -0.1) is 0 Å². The van der Waals surface area contributed by atoms with Crippen molar-refractivity contribution in [2.75, 3.05) is 26.2 Å². The number of fused-ring (bicyclic) bond motifs is 1. The first-order valence-corrected chi connectivity index (χ1v) is 10.7. The second kappa shape index (κ2) is 10.5. The van der Waals surface area contributed by atoms with Crippen LogP contribution in [0, 0.1) is 11.8 Å². The molecule has 2 N–H and O–H groups in total. The Morgan fingerprint density at radius 1 is 1.16 bits per heavy atom. The highest BCUT2D eigenvalue weighted by Gasteiger charge is 2.42. The zero-order valence-electron chi connectivity index (χ0n) is 17.3. The highest BCUT2D eigenvalue weighted by molar-refractivity contribution is 5.81. The van der Waals surface area contributed by atoms with Crippen LogP contribution in [-0.4, -0.2) is 66.4 Å². The minimum atomic E-state index is -5.08. The fourth-order valence-electron chi connectivity index (χ4n) is 3.98. The lowest BCUT2D eigenvalue weighted by Gasteiger charge is -2.34. The molecule has 1 aromatic rings. The lowest BCUT2D eigenvalue weighted by atomic mass is 9.91. The van der Waals surface area contributed by atoms with Crippen molar-refractivity contribution >= 4 is 11.9 Å². The van der Waals surface area contributed by atoms with E-state index in [2.05, 4.69) is 40.5 Å². The largest absolute Gasteiger partial charge is 0.490 e. The molecule has 172 valence electrons. The third-order valence-electron chi connectivity index (χ3n) is 5.99. The number of rotatable bonds is 6. The number of benzene rings is 1. The van der Waals surface area contributed by atoms with Crippen LogP contribution >= 0.6 is 0 Å². The third kappa shape index (κ3) is 7.50. The number of piperidine rings is 1. The number of amides is 1. The molecule has 9 heteroatoms. The molecule has 3 atom stereocenters. The minimum Gasteiger partial charge on any atom is -0.475 e. The first kappa shape index (κ1) is 23.5. The second-order valence-corrected chi connectivity index (χ2v) is 8.48. The van der Waals surface area contributed by atoms with Gasteiger partial charge in [0.25, 0.3) is 0 Å². The summed E-state index contributed by atoms with van der Waals surface area (Å²) in [5.41, 5.74) is 1.39. The van der Waals surface area contributed by atoms with Crippen LogP contribution < -0.4 is 5.32 Å². The number of nitrogens with zero attached hydrogens (tertiary/aromatic N) is 1. The van der Waals surface area contributed by atoms with Crippen molar-refractivity contribution in [1.29, 1.82) is 0 Å². The van der Waals surface area contributed by atoms with Crippen LogP contribution in [0.3, 0.4) is 0 Å². The van der Waals surface area contributed by atoms with Crippen LogP contribution in [-0.2, 0) is 20.7 Å². The van der Waals surface area contributed by atoms with E-state index < -0.39 is 12.1 Å². The van der Waals surface area contributed by atoms with Gasteiger partial charge in [0.1, 0.15) is 6.10 Å². The number of hydrogen-bond acceptors (Lipinski definition) is 4. The van der Waals surface area contributed by atoms with Crippen LogP contribution in [0.4, 0.5) is 13.2 Å². The van der Waals surface area contributed by atoms with E-state index in [0.29, 0.717) is 5.92 Å². The van der Waals surface area contributed by atoms with E-state index in [1.807, 2.05) is 0 Å². The minimum absolute atomic E-state index is 0.118. The maximum atomic E-state index is 12.3. The Morgan fingerprint density at radius 2 is 1.84 bits per heavy atom. The van der Waals surface area contributed by atoms with Crippen LogP contribution in [0.25, 0.3) is 0 Å². The van der Waals surface area contributed by atoms with Gasteiger partial charge in [0.15, 0.2) is 0 Å². The highest BCUT2D eigenvalue weighted by Crippen LogP contribution is 2.34. The van der Waals surface area contributed by atoms with Crippen LogP contribution in [0.1, 0.15) is 31.2 Å². The lowest BCUT2D eigenvalue weighted by Crippen LogP contribution is -2.43. The van der Waals surface area contributed by atoms with Crippen molar-refractivity contribution in [2.24, 2.45) is 11.8 Å². The Labute approximate surface area is 179 Å². The van der Waals surface area contributed by atoms with Crippen molar-refractivity contribution in [1.82, 2.24) is 10.2 Å². The molecule has 0 aromatic heterocycles. The summed E-state index contributed by atoms with van der Waals surface area (Å²) < 4.78 is 37.8. The predicted molar refractivity (Wildman–Crippen MR) is 107 cm³/mol. The average Bonchev–Trinajstić information content (AvgIpc) is 3.47. The normalized spacial score (nSPS) is 25.8. The predicted octanol–water partition coefficient (Wildman–Crippen LogP) is 2.87. The van der Waals surface area contributed by atoms with Crippen molar-refractivity contribution in [3.63, 3.8) is 0 Å². The number of carbonyl (C=O) groups excluding carboxylic acids is 1. The Morgan fingerprint density at radius 3 is 2.45 bits per heavy atom. The summed E-state index contributed by atoms with van der Waals surface area (Å²) in [4.78, 5) is 23.7. The fraction of sp³-hybridized carbons (Fsp3) is 0.636. The third-order valence-corrected chi connectivity index (χ3v) is 5.99. The Balaban J connectivity index is 0.000000339. The summed E-state index contributed by atoms with van der Waals surface area (Å²) in [6.45, 7) is 4.03. The molecule has 4 rings (SSSR count). The van der Waals surface area contributed by atoms with Gasteiger partial charge in [-0.3, -0.25) is 4.79 Å². The van der Waals surface area contributed by atoms with Gasteiger partial charge in [-0.2, -0.15) is 13.2 Å². The molecule has 31 heavy (non-hydrogen) atoms. The SMILES string of the molecule is O=C(NCC1CC1)[C@@H]1C[C@@H]2CCN(CCc3ccccc3)C[C@@H]2O1.O=C(O)C(F)(F)F. The molecule has 1 aromatic carbocycles. The van der Waals surface area contributed by atoms with Crippen molar-refractivity contribution in [3.05, 3.63) is 35.9 Å². The molecule has 3 fully saturated rings. The number of carboxylic acids is 1. The number of carboxylic acid groups (broad SMARTS) is 1. The van der Waals surface area contributed by atoms with Crippen molar-refractivity contribution < 1.29 is 32.6 Å². The van der Waals surface area contributed by atoms with Crippen LogP contribution in [0.15, 0.2) is 30.3 Å². The molecule has 3 aliphatic rings. The van der Waals surface area contributed by atoms with Gasteiger partial charge in [-0.25, -0.2) is 4.79 Å². The fourth-order valence-corrected chi connectivity index (χ4v) is 3.98. The monoisotopic (exact) mass is 442 g/mol. The molecule has 1 amide bonds. The summed E-state index contributed by atoms with van der Waals surface area (Å²) in [5.74, 6) is -1.35. The zero-order valence-corrected chi connectivity index (χ0v) is 17.3. The number of likely N-dealkylation sites (tertiary alicyclic amines) is 1. The van der Waals surface area contributed by atoms with Gasteiger partial charge in [-0.1, -0.05) is 30.3 Å². The van der Waals surface area contributed by atoms with Crippen LogP contribution in [0.2, 0.25) is 0 Å². The standard InChI is InChI=1S/C20H28N2O2.C2HF3O2/c23-20(21-13-16-6-7-16)18-12-17-9-11-22(14-19(17)24-18)10-8-15-4-2-1-3-5-15;3-2(4,5)1(6)7/h1-5,16-19H,6-14H2,(H,21,23);(H,6,7)/t17-,18-,19-;/m0./s1. The maximum Gasteiger partial charge on any atom is 0.490 e. The van der Waals surface area contributed by atoms with E-state index in [-0.39, 0.29) is 18.1 Å². The van der Waals surface area contributed by atoms with Crippen molar-refractivity contribution in [2.45, 2.75) is 50.5 Å². The number of nitrogens with one attached hydrogen (secondary N) is 1. The van der Waals surface area contributed by atoms with Crippen molar-refractivity contribution in [3.8, 4) is 0 Å². The molecule has 1 saturated carbocycles. The quantitative estimate of drug-likeness (QED) is 0.709. The van der Waals surface area contributed by atoms with E-state index in [1.165, 1.54) is 18.4 Å². The number of ether oxygens (including phenoxy) is 1. The van der Waals surface area contributed by atoms with Crippen LogP contribution in [0.5, 0.6) is 0 Å². The zero-order chi connectivity index (χ0) is 22.4. The lowest BCUT2D eigenvalue weighted by molar-refractivity contribution is -0.192. The average molecular weight is 442 g/mol. The Hall–Kier alpha value is -2.13. The number of alkyl halides is 3. The first-order valence-electron chi connectivity index (χ1n) is 10.7. The van der Waals surface area contributed by atoms with Gasteiger partial charge < -0.3 is 20.1 Å². The summed E-state index contributed by atoms with van der Waals surface area (Å²) >= 11 is 0. The molecule has 0 bridgehead atoms. The molecule has 0 spiro atoms. The van der Waals surface area contributed by atoms with Gasteiger partial charge in [-0.05, 0) is 56.0 Å². The van der Waals surface area contributed by atoms with Gasteiger partial charge in [0, 0.05) is 19.6 Å². The molecular weight excluding hydrogens is 413 g/mol. The smallest absolute Gasteiger partial charge is 0.475 e. The molecule has 0 radical (unpaired) electrons. The topological polar surface area (TPSA) is 78.9 Å². The molecule has 2 aliphatic heterocycles. The van der Waals surface area contributed by atoms with E-state index in [0.717, 1.165) is 51.4 Å². The van der Waals surface area contributed by atoms with E-state index in [4.69, 9.17) is 14.6 Å². The second-order valence-electron chi connectivity index (χ2n) is 8.48. The Kier molecular flexibility index (Phi) is 7.94. The Bertz CT molecular complexity index is 740. The molecule has 1 aliphatic carbocycles. The number of aliphatic carboxylic acids is 1. The highest BCUT2D eigenvalue weighted by atomic mass is 19.4. The first-order chi connectivity index (χ1) is 14.7. The van der Waals surface area contributed by atoms with E-state index in [1.54, 1.807) is 0 Å². The summed E-state index contributed by atoms with van der Waals surface area (Å²) in [7, 11) is 0. The summed E-state index contributed by atoms with van der Waals surface area (Å²) in [6.07, 6.45) is 0.642. The van der Waals surface area contributed by atoms with Gasteiger partial charge in [0.2, 0.25) is 5.91 Å². The molecule has 0 unspecified atom stereocenters. The molecule has 2 saturated heterocycles. The van der Waals surface area contributed by atoms with Gasteiger partial charge in [0.05, 0.1) is 6.10 Å². The molecular formula is C22H29F3N2O4. The summed E-state index contributed by atoms with van der Waals surface area (Å²) in [6, 6.07) is 10.7. The maximum absolute atomic E-state index is 12.3. The summed E-state index contributed by atoms with van der Waals surface area (Å²) in [5, 5.41) is 10.2.